The van der Waals surface area contributed by atoms with Crippen LogP contribution in [0, 0.1) is 0 Å². The quantitative estimate of drug-likeness (QED) is 0.180. The Labute approximate surface area is 192 Å². The SMILES string of the molecule is FP(F)(CCCP(F)(F)(c1ccccc1)c1ccccc1)(c1ccccc1)c1ccccc1. The van der Waals surface area contributed by atoms with E-state index in [4.69, 9.17) is 0 Å². The van der Waals surface area contributed by atoms with Crippen molar-refractivity contribution >= 4 is 35.7 Å². The fourth-order valence-electron chi connectivity index (χ4n) is 4.32. The van der Waals surface area contributed by atoms with E-state index in [0.717, 1.165) is 0 Å². The normalized spacial score (nSPS) is 14.5. The van der Waals surface area contributed by atoms with Crippen molar-refractivity contribution in [2.24, 2.45) is 0 Å². The molecule has 4 rings (SSSR count). The van der Waals surface area contributed by atoms with Crippen molar-refractivity contribution in [3.05, 3.63) is 121 Å². The summed E-state index contributed by atoms with van der Waals surface area (Å²) in [5.74, 6) is 0. The first-order chi connectivity index (χ1) is 15.7. The zero-order valence-electron chi connectivity index (χ0n) is 18.1. The molecule has 0 aliphatic rings. The number of benzene rings is 4. The summed E-state index contributed by atoms with van der Waals surface area (Å²) < 4.78 is 66.7. The molecular formula is C27H26F4P2. The molecule has 4 aromatic rings. The second kappa shape index (κ2) is 8.67. The van der Waals surface area contributed by atoms with Crippen LogP contribution in [0.1, 0.15) is 6.42 Å². The van der Waals surface area contributed by atoms with Gasteiger partial charge in [-0.3, -0.25) is 0 Å². The molecule has 0 nitrogen and oxygen atoms in total. The van der Waals surface area contributed by atoms with E-state index in [0.29, 0.717) is 0 Å². The monoisotopic (exact) mass is 488 g/mol. The summed E-state index contributed by atoms with van der Waals surface area (Å²) in [6.07, 6.45) is -1.47. The zero-order chi connectivity index (χ0) is 23.5. The topological polar surface area (TPSA) is 0 Å². The average Bonchev–Trinajstić information content (AvgIpc) is 2.86. The molecule has 0 heterocycles. The van der Waals surface area contributed by atoms with Crippen LogP contribution in [0.2, 0.25) is 0 Å². The van der Waals surface area contributed by atoms with E-state index in [1.54, 1.807) is 72.8 Å². The molecule has 0 atom stereocenters. The van der Waals surface area contributed by atoms with Crippen LogP contribution in [0.25, 0.3) is 0 Å². The second-order valence-electron chi connectivity index (χ2n) is 8.28. The molecule has 0 unspecified atom stereocenters. The number of hydrogen-bond donors (Lipinski definition) is 0. The molecule has 0 N–H and O–H groups in total. The van der Waals surface area contributed by atoms with Crippen molar-refractivity contribution in [1.82, 2.24) is 0 Å². The van der Waals surface area contributed by atoms with Gasteiger partial charge in [-0.2, -0.15) is 0 Å². The molecule has 0 aliphatic carbocycles. The van der Waals surface area contributed by atoms with Gasteiger partial charge in [-0.05, 0) is 0 Å². The second-order valence-corrected chi connectivity index (χ2v) is 15.5. The zero-order valence-corrected chi connectivity index (χ0v) is 19.9. The summed E-state index contributed by atoms with van der Waals surface area (Å²) in [5, 5.41) is -0.251. The van der Waals surface area contributed by atoms with E-state index in [1.165, 1.54) is 48.5 Å². The van der Waals surface area contributed by atoms with Crippen molar-refractivity contribution < 1.29 is 16.8 Å². The van der Waals surface area contributed by atoms with Gasteiger partial charge in [0.15, 0.2) is 0 Å². The van der Waals surface area contributed by atoms with Crippen LogP contribution in [-0.4, -0.2) is 12.3 Å². The van der Waals surface area contributed by atoms with Crippen molar-refractivity contribution in [2.75, 3.05) is 12.3 Å². The molecule has 4 aromatic carbocycles. The summed E-state index contributed by atoms with van der Waals surface area (Å²) in [7, 11) is -11.3. The molecule has 0 aromatic heterocycles. The van der Waals surface area contributed by atoms with Crippen LogP contribution < -0.4 is 21.2 Å². The van der Waals surface area contributed by atoms with Crippen LogP contribution in [-0.2, 0) is 0 Å². The predicted octanol–water partition coefficient (Wildman–Crippen LogP) is 7.32. The van der Waals surface area contributed by atoms with E-state index in [1.807, 2.05) is 0 Å². The molecule has 6 heteroatoms. The molecule has 33 heavy (non-hydrogen) atoms. The number of rotatable bonds is 8. The Morgan fingerprint density at radius 1 is 0.364 bits per heavy atom. The first kappa shape index (κ1) is 23.6. The van der Waals surface area contributed by atoms with Gasteiger partial charge >= 0.3 is 193 Å². The molecular weight excluding hydrogens is 462 g/mol. The van der Waals surface area contributed by atoms with Crippen molar-refractivity contribution in [2.45, 2.75) is 6.42 Å². The molecule has 0 aliphatic heterocycles. The van der Waals surface area contributed by atoms with E-state index in [9.17, 15) is 0 Å². The van der Waals surface area contributed by atoms with Crippen LogP contribution >= 0.6 is 14.4 Å². The van der Waals surface area contributed by atoms with Crippen molar-refractivity contribution in [3.8, 4) is 0 Å². The van der Waals surface area contributed by atoms with E-state index >= 15 is 16.8 Å². The van der Waals surface area contributed by atoms with Crippen LogP contribution in [0.5, 0.6) is 0 Å². The Kier molecular flexibility index (Phi) is 6.20. The third-order valence-corrected chi connectivity index (χ3v) is 13.6. The number of halogens is 4. The van der Waals surface area contributed by atoms with Gasteiger partial charge in [0.25, 0.3) is 0 Å². The third kappa shape index (κ3) is 4.35. The molecule has 0 spiro atoms. The molecule has 0 amide bonds. The van der Waals surface area contributed by atoms with Gasteiger partial charge in [-0.25, -0.2) is 0 Å². The average molecular weight is 488 g/mol. The van der Waals surface area contributed by atoms with Gasteiger partial charge in [-0.1, -0.05) is 0 Å². The standard InChI is InChI=1S/C27H26F4P2/c28-32(29,24-14-5-1-6-15-24,25-16-7-2-8-17-25)22-13-23-33(30,31,26-18-9-3-10-19-26)27-20-11-4-12-21-27/h1-12,14-21H,13,22-23H2. The van der Waals surface area contributed by atoms with E-state index in [2.05, 4.69) is 0 Å². The van der Waals surface area contributed by atoms with Gasteiger partial charge in [0.2, 0.25) is 0 Å². The Balaban J connectivity index is 1.74. The van der Waals surface area contributed by atoms with Gasteiger partial charge in [-0.15, -0.1) is 0 Å². The predicted molar refractivity (Wildman–Crippen MR) is 137 cm³/mol. The van der Waals surface area contributed by atoms with Gasteiger partial charge < -0.3 is 0 Å². The summed E-state index contributed by atoms with van der Waals surface area (Å²) >= 11 is 0. The van der Waals surface area contributed by atoms with Gasteiger partial charge in [0.05, 0.1) is 0 Å². The van der Waals surface area contributed by atoms with Crippen LogP contribution in [0.3, 0.4) is 0 Å². The summed E-state index contributed by atoms with van der Waals surface area (Å²) in [6.45, 7) is 0. The van der Waals surface area contributed by atoms with Crippen molar-refractivity contribution in [1.29, 1.82) is 0 Å². The Morgan fingerprint density at radius 3 is 0.788 bits per heavy atom. The summed E-state index contributed by atoms with van der Waals surface area (Å²) in [4.78, 5) is 0. The first-order valence-corrected chi connectivity index (χ1v) is 15.3. The van der Waals surface area contributed by atoms with E-state index < -0.39 is 26.8 Å². The Bertz CT molecular complexity index is 1010. The molecule has 0 bridgehead atoms. The maximum absolute atomic E-state index is 16.7. The molecule has 0 saturated heterocycles. The Hall–Kier alpha value is -2.54. The molecule has 0 radical (unpaired) electrons. The fraction of sp³-hybridized carbons (Fsp3) is 0.111. The molecule has 172 valence electrons. The first-order valence-electron chi connectivity index (χ1n) is 10.8. The minimum atomic E-state index is -5.65. The van der Waals surface area contributed by atoms with Crippen molar-refractivity contribution in [3.63, 3.8) is 0 Å². The van der Waals surface area contributed by atoms with Gasteiger partial charge in [0.1, 0.15) is 0 Å². The van der Waals surface area contributed by atoms with Crippen LogP contribution in [0.15, 0.2) is 121 Å². The maximum atomic E-state index is 16.7. The Morgan fingerprint density at radius 2 is 0.576 bits per heavy atom. The fourth-order valence-corrected chi connectivity index (χ4v) is 10.7. The third-order valence-electron chi connectivity index (χ3n) is 6.15. The summed E-state index contributed by atoms with van der Waals surface area (Å²) in [5.41, 5.74) is 0. The molecule has 0 saturated carbocycles. The molecule has 0 fully saturated rings. The van der Waals surface area contributed by atoms with Gasteiger partial charge in [0, 0.05) is 0 Å². The number of hydrogen-bond acceptors (Lipinski definition) is 0. The van der Waals surface area contributed by atoms with E-state index in [-0.39, 0.29) is 27.6 Å². The summed E-state index contributed by atoms with van der Waals surface area (Å²) in [6, 6.07) is 30.8. The minimum absolute atomic E-state index is 0.0628. The van der Waals surface area contributed by atoms with Crippen LogP contribution in [0.4, 0.5) is 16.8 Å².